The summed E-state index contributed by atoms with van der Waals surface area (Å²) in [4.78, 5) is 11.6. The highest BCUT2D eigenvalue weighted by Gasteiger charge is 2.05. The summed E-state index contributed by atoms with van der Waals surface area (Å²) < 4.78 is 10.1. The summed E-state index contributed by atoms with van der Waals surface area (Å²) in [6.07, 6.45) is -0.563. The molecule has 0 aliphatic rings. The van der Waals surface area contributed by atoms with Gasteiger partial charge in [0.15, 0.2) is 0 Å². The molecule has 4 nitrogen and oxygen atoms in total. The van der Waals surface area contributed by atoms with Gasteiger partial charge in [0.1, 0.15) is 11.5 Å². The third kappa shape index (κ3) is 3.89. The van der Waals surface area contributed by atoms with Crippen LogP contribution in [0.2, 0.25) is 5.02 Å². The molecule has 1 amide bonds. The van der Waals surface area contributed by atoms with E-state index in [0.29, 0.717) is 22.2 Å². The molecule has 0 aliphatic heterocycles. The van der Waals surface area contributed by atoms with E-state index in [1.807, 2.05) is 0 Å². The number of nitrogens with one attached hydrogen (secondary N) is 1. The highest BCUT2D eigenvalue weighted by Crippen LogP contribution is 2.18. The monoisotopic (exact) mass is 277 g/mol. The Kier molecular flexibility index (Phi) is 4.26. The predicted octanol–water partition coefficient (Wildman–Crippen LogP) is 3.96. The van der Waals surface area contributed by atoms with Gasteiger partial charge >= 0.3 is 6.09 Å². The van der Waals surface area contributed by atoms with E-state index in [-0.39, 0.29) is 0 Å². The van der Waals surface area contributed by atoms with Crippen LogP contribution in [0.25, 0.3) is 0 Å². The Morgan fingerprint density at radius 1 is 1.00 bits per heavy atom. The van der Waals surface area contributed by atoms with Gasteiger partial charge in [-0.15, -0.1) is 0 Å². The summed E-state index contributed by atoms with van der Waals surface area (Å²) in [5, 5.41) is 3.20. The Morgan fingerprint density at radius 2 is 1.58 bits per heavy atom. The normalized spacial score (nSPS) is 9.79. The molecule has 0 unspecified atom stereocenters. The molecular formula is C14H12ClNO3. The third-order valence-corrected chi connectivity index (χ3v) is 2.61. The maximum Gasteiger partial charge on any atom is 0.417 e. The number of amides is 1. The van der Waals surface area contributed by atoms with Gasteiger partial charge < -0.3 is 9.47 Å². The van der Waals surface area contributed by atoms with Crippen molar-refractivity contribution in [2.24, 2.45) is 0 Å². The number of anilines is 1. The molecule has 19 heavy (non-hydrogen) atoms. The number of halogens is 1. The van der Waals surface area contributed by atoms with Crippen LogP contribution in [0.1, 0.15) is 0 Å². The first-order valence-electron chi connectivity index (χ1n) is 5.56. The fraction of sp³-hybridized carbons (Fsp3) is 0.0714. The number of hydrogen-bond acceptors (Lipinski definition) is 3. The van der Waals surface area contributed by atoms with E-state index in [2.05, 4.69) is 5.32 Å². The zero-order valence-electron chi connectivity index (χ0n) is 10.2. The van der Waals surface area contributed by atoms with Crippen LogP contribution in [-0.2, 0) is 0 Å². The topological polar surface area (TPSA) is 47.6 Å². The van der Waals surface area contributed by atoms with E-state index < -0.39 is 6.09 Å². The molecule has 0 aliphatic carbocycles. The van der Waals surface area contributed by atoms with Crippen LogP contribution in [0, 0.1) is 0 Å². The highest BCUT2D eigenvalue weighted by molar-refractivity contribution is 6.30. The molecule has 0 spiro atoms. The first-order chi connectivity index (χ1) is 9.17. The van der Waals surface area contributed by atoms with Gasteiger partial charge in [0, 0.05) is 10.7 Å². The summed E-state index contributed by atoms with van der Waals surface area (Å²) in [6, 6.07) is 13.5. The number of rotatable bonds is 3. The molecule has 0 aromatic heterocycles. The Bertz CT molecular complexity index is 552. The Labute approximate surface area is 115 Å². The van der Waals surface area contributed by atoms with Crippen molar-refractivity contribution in [3.8, 4) is 11.5 Å². The van der Waals surface area contributed by atoms with Crippen molar-refractivity contribution < 1.29 is 14.3 Å². The predicted molar refractivity (Wildman–Crippen MR) is 74.1 cm³/mol. The molecule has 0 radical (unpaired) electrons. The lowest BCUT2D eigenvalue weighted by atomic mass is 10.3. The van der Waals surface area contributed by atoms with E-state index in [4.69, 9.17) is 21.1 Å². The van der Waals surface area contributed by atoms with Crippen molar-refractivity contribution in [3.05, 3.63) is 53.6 Å². The van der Waals surface area contributed by atoms with Gasteiger partial charge in [-0.2, -0.15) is 0 Å². The second-order valence-electron chi connectivity index (χ2n) is 3.70. The molecule has 2 aromatic rings. The van der Waals surface area contributed by atoms with Crippen molar-refractivity contribution in [2.75, 3.05) is 12.4 Å². The highest BCUT2D eigenvalue weighted by atomic mass is 35.5. The lowest BCUT2D eigenvalue weighted by molar-refractivity contribution is 0.215. The van der Waals surface area contributed by atoms with Crippen molar-refractivity contribution in [1.29, 1.82) is 0 Å². The summed E-state index contributed by atoms with van der Waals surface area (Å²) >= 11 is 5.75. The second-order valence-corrected chi connectivity index (χ2v) is 4.13. The van der Waals surface area contributed by atoms with Gasteiger partial charge in [0.2, 0.25) is 0 Å². The van der Waals surface area contributed by atoms with Crippen LogP contribution in [0.15, 0.2) is 48.5 Å². The van der Waals surface area contributed by atoms with Crippen LogP contribution in [0.5, 0.6) is 11.5 Å². The quantitative estimate of drug-likeness (QED) is 0.924. The Balaban J connectivity index is 1.95. The van der Waals surface area contributed by atoms with Crippen molar-refractivity contribution in [1.82, 2.24) is 0 Å². The minimum atomic E-state index is -0.563. The van der Waals surface area contributed by atoms with E-state index in [1.54, 1.807) is 55.6 Å². The van der Waals surface area contributed by atoms with E-state index in [0.717, 1.165) is 0 Å². The molecule has 0 heterocycles. The third-order valence-electron chi connectivity index (χ3n) is 2.36. The number of carbonyl (C=O) groups is 1. The smallest absolute Gasteiger partial charge is 0.417 e. The van der Waals surface area contributed by atoms with Crippen LogP contribution in [-0.4, -0.2) is 13.2 Å². The largest absolute Gasteiger partial charge is 0.497 e. The summed E-state index contributed by atoms with van der Waals surface area (Å²) in [7, 11) is 1.57. The minimum absolute atomic E-state index is 0.437. The minimum Gasteiger partial charge on any atom is -0.497 e. The summed E-state index contributed by atoms with van der Waals surface area (Å²) in [6.45, 7) is 0. The van der Waals surface area contributed by atoms with Crippen LogP contribution in [0.4, 0.5) is 10.5 Å². The van der Waals surface area contributed by atoms with Gasteiger partial charge in [-0.3, -0.25) is 5.32 Å². The molecular weight excluding hydrogens is 266 g/mol. The Hall–Kier alpha value is -2.20. The average molecular weight is 278 g/mol. The zero-order valence-corrected chi connectivity index (χ0v) is 11.0. The van der Waals surface area contributed by atoms with Gasteiger partial charge in [-0.1, -0.05) is 11.6 Å². The molecule has 0 saturated heterocycles. The molecule has 0 atom stereocenters. The standard InChI is InChI=1S/C14H12ClNO3/c1-18-12-6-8-13(9-7-12)19-14(17)16-11-4-2-10(15)3-5-11/h2-9H,1H3,(H,16,17). The number of benzene rings is 2. The first-order valence-corrected chi connectivity index (χ1v) is 5.93. The van der Waals surface area contributed by atoms with Crippen molar-refractivity contribution in [2.45, 2.75) is 0 Å². The lowest BCUT2D eigenvalue weighted by Gasteiger charge is -2.07. The van der Waals surface area contributed by atoms with Gasteiger partial charge in [0.05, 0.1) is 7.11 Å². The molecule has 0 bridgehead atoms. The van der Waals surface area contributed by atoms with E-state index in [1.165, 1.54) is 0 Å². The molecule has 0 saturated carbocycles. The van der Waals surface area contributed by atoms with Crippen LogP contribution < -0.4 is 14.8 Å². The molecule has 5 heteroatoms. The average Bonchev–Trinajstić information content (AvgIpc) is 2.42. The fourth-order valence-corrected chi connectivity index (χ4v) is 1.55. The fourth-order valence-electron chi connectivity index (χ4n) is 1.43. The summed E-state index contributed by atoms with van der Waals surface area (Å²) in [5.41, 5.74) is 0.614. The van der Waals surface area contributed by atoms with Crippen molar-refractivity contribution >= 4 is 23.4 Å². The zero-order chi connectivity index (χ0) is 13.7. The second kappa shape index (κ2) is 6.11. The number of carbonyl (C=O) groups excluding carboxylic acids is 1. The van der Waals surface area contributed by atoms with E-state index >= 15 is 0 Å². The number of ether oxygens (including phenoxy) is 2. The molecule has 1 N–H and O–H groups in total. The van der Waals surface area contributed by atoms with Crippen molar-refractivity contribution in [3.63, 3.8) is 0 Å². The van der Waals surface area contributed by atoms with Gasteiger partial charge in [-0.25, -0.2) is 4.79 Å². The Morgan fingerprint density at radius 3 is 2.16 bits per heavy atom. The van der Waals surface area contributed by atoms with Gasteiger partial charge in [0.25, 0.3) is 0 Å². The molecule has 0 fully saturated rings. The number of hydrogen-bond donors (Lipinski definition) is 1. The maximum atomic E-state index is 11.6. The molecule has 2 aromatic carbocycles. The van der Waals surface area contributed by atoms with Crippen LogP contribution >= 0.6 is 11.6 Å². The summed E-state index contributed by atoms with van der Waals surface area (Å²) in [5.74, 6) is 1.14. The maximum absolute atomic E-state index is 11.6. The van der Waals surface area contributed by atoms with E-state index in [9.17, 15) is 4.79 Å². The molecule has 98 valence electrons. The van der Waals surface area contributed by atoms with Gasteiger partial charge in [-0.05, 0) is 48.5 Å². The SMILES string of the molecule is COc1ccc(OC(=O)Nc2ccc(Cl)cc2)cc1. The first kappa shape index (κ1) is 13.2. The molecule has 2 rings (SSSR count). The lowest BCUT2D eigenvalue weighted by Crippen LogP contribution is -2.16. The van der Waals surface area contributed by atoms with Crippen LogP contribution in [0.3, 0.4) is 0 Å². The number of methoxy groups -OCH3 is 1.